The lowest BCUT2D eigenvalue weighted by Gasteiger charge is -2.21. The molecule has 0 saturated heterocycles. The summed E-state index contributed by atoms with van der Waals surface area (Å²) in [5.74, 6) is 0.0387. The molecule has 2 rings (SSSR count). The topological polar surface area (TPSA) is 37.0 Å². The monoisotopic (exact) mass is 307 g/mol. The van der Waals surface area contributed by atoms with Crippen LogP contribution in [0.3, 0.4) is 0 Å². The number of anilines is 1. The molecule has 0 bridgehead atoms. The van der Waals surface area contributed by atoms with Crippen LogP contribution in [0.2, 0.25) is 0 Å². The highest BCUT2D eigenvalue weighted by Crippen LogP contribution is 2.19. The van der Waals surface area contributed by atoms with Gasteiger partial charge in [0, 0.05) is 33.6 Å². The summed E-state index contributed by atoms with van der Waals surface area (Å²) in [4.78, 5) is 6.52. The molecular formula is C16H22FN3S. The summed E-state index contributed by atoms with van der Waals surface area (Å²) in [6.07, 6.45) is 1.64. The van der Waals surface area contributed by atoms with Gasteiger partial charge in [-0.3, -0.25) is 0 Å². The van der Waals surface area contributed by atoms with E-state index in [2.05, 4.69) is 55.4 Å². The zero-order chi connectivity index (χ0) is 15.5. The first-order valence-corrected chi connectivity index (χ1v) is 7.84. The van der Waals surface area contributed by atoms with Crippen LogP contribution < -0.4 is 10.6 Å². The van der Waals surface area contributed by atoms with E-state index in [1.54, 1.807) is 23.6 Å². The molecule has 0 radical (unpaired) electrons. The fourth-order valence-corrected chi connectivity index (χ4v) is 2.68. The van der Waals surface area contributed by atoms with Gasteiger partial charge >= 0.3 is 0 Å². The molecular weight excluding hydrogens is 285 g/mol. The van der Waals surface area contributed by atoms with Crippen LogP contribution in [0.15, 0.2) is 24.4 Å². The van der Waals surface area contributed by atoms with Gasteiger partial charge in [-0.15, -0.1) is 11.3 Å². The van der Waals surface area contributed by atoms with Crippen LogP contribution in [0.4, 0.5) is 10.2 Å². The molecule has 2 N–H and O–H groups in total. The first kappa shape index (κ1) is 15.9. The number of nitrogens with one attached hydrogen (secondary N) is 2. The third-order valence-corrected chi connectivity index (χ3v) is 4.01. The van der Waals surface area contributed by atoms with E-state index in [9.17, 15) is 4.39 Å². The summed E-state index contributed by atoms with van der Waals surface area (Å²) < 4.78 is 14.4. The van der Waals surface area contributed by atoms with E-state index in [0.717, 1.165) is 0 Å². The quantitative estimate of drug-likeness (QED) is 0.873. The fraction of sp³-hybridized carbons (Fsp3) is 0.438. The summed E-state index contributed by atoms with van der Waals surface area (Å²) in [6.45, 7) is 9.33. The van der Waals surface area contributed by atoms with Crippen LogP contribution in [0.25, 0.3) is 0 Å². The normalized spacial score (nSPS) is 11.7. The highest BCUT2D eigenvalue weighted by molar-refractivity contribution is 7.11. The third kappa shape index (κ3) is 4.79. The van der Waals surface area contributed by atoms with Crippen molar-refractivity contribution in [1.82, 2.24) is 10.3 Å². The minimum Gasteiger partial charge on any atom is -0.363 e. The molecule has 0 aliphatic heterocycles. The smallest absolute Gasteiger partial charge is 0.169 e. The van der Waals surface area contributed by atoms with E-state index in [0.29, 0.717) is 24.5 Å². The van der Waals surface area contributed by atoms with Crippen molar-refractivity contribution in [1.29, 1.82) is 0 Å². The summed E-state index contributed by atoms with van der Waals surface area (Å²) in [7, 11) is 0. The number of halogens is 1. The first-order chi connectivity index (χ1) is 9.85. The van der Waals surface area contributed by atoms with Gasteiger partial charge in [0.15, 0.2) is 11.6 Å². The highest BCUT2D eigenvalue weighted by atomic mass is 32.1. The maximum absolute atomic E-state index is 14.4. The Morgan fingerprint density at radius 2 is 1.95 bits per heavy atom. The van der Waals surface area contributed by atoms with E-state index in [1.165, 1.54) is 9.75 Å². The SMILES string of the molecule is Cc1ccc(CNc2nccc(CNC(C)(C)C)c2F)s1. The van der Waals surface area contributed by atoms with Crippen molar-refractivity contribution in [2.45, 2.75) is 46.3 Å². The predicted octanol–water partition coefficient (Wildman–Crippen LogP) is 4.09. The molecule has 21 heavy (non-hydrogen) atoms. The second-order valence-electron chi connectivity index (χ2n) is 6.10. The molecule has 0 atom stereocenters. The number of aryl methyl sites for hydroxylation is 1. The number of hydrogen-bond donors (Lipinski definition) is 2. The number of aromatic nitrogens is 1. The number of thiophene rings is 1. The molecule has 0 spiro atoms. The minimum atomic E-state index is -0.275. The maximum Gasteiger partial charge on any atom is 0.169 e. The molecule has 0 amide bonds. The summed E-state index contributed by atoms with van der Waals surface area (Å²) >= 11 is 1.71. The zero-order valence-electron chi connectivity index (χ0n) is 13.0. The van der Waals surface area contributed by atoms with Crippen LogP contribution in [0, 0.1) is 12.7 Å². The van der Waals surface area contributed by atoms with Crippen molar-refractivity contribution in [3.63, 3.8) is 0 Å². The number of rotatable bonds is 5. The average Bonchev–Trinajstić information content (AvgIpc) is 2.81. The van der Waals surface area contributed by atoms with Crippen molar-refractivity contribution in [3.8, 4) is 0 Å². The molecule has 0 aromatic carbocycles. The Balaban J connectivity index is 2.03. The molecule has 3 nitrogen and oxygen atoms in total. The summed E-state index contributed by atoms with van der Waals surface area (Å²) in [5.41, 5.74) is 0.586. The molecule has 0 unspecified atom stereocenters. The first-order valence-electron chi connectivity index (χ1n) is 7.03. The minimum absolute atomic E-state index is 0.0439. The Morgan fingerprint density at radius 3 is 2.57 bits per heavy atom. The summed E-state index contributed by atoms with van der Waals surface area (Å²) in [5, 5.41) is 6.37. The molecule has 0 saturated carbocycles. The lowest BCUT2D eigenvalue weighted by molar-refractivity contribution is 0.418. The Hall–Kier alpha value is -1.46. The van der Waals surface area contributed by atoms with E-state index < -0.39 is 0 Å². The fourth-order valence-electron chi connectivity index (χ4n) is 1.85. The largest absolute Gasteiger partial charge is 0.363 e. The van der Waals surface area contributed by atoms with E-state index >= 15 is 0 Å². The van der Waals surface area contributed by atoms with Gasteiger partial charge in [-0.2, -0.15) is 0 Å². The molecule has 114 valence electrons. The Kier molecular flexibility index (Phi) is 4.96. The Morgan fingerprint density at radius 1 is 1.19 bits per heavy atom. The predicted molar refractivity (Wildman–Crippen MR) is 87.2 cm³/mol. The van der Waals surface area contributed by atoms with Crippen molar-refractivity contribution in [2.24, 2.45) is 0 Å². The van der Waals surface area contributed by atoms with E-state index in [4.69, 9.17) is 0 Å². The lowest BCUT2D eigenvalue weighted by Crippen LogP contribution is -2.35. The van der Waals surface area contributed by atoms with Crippen LogP contribution in [-0.2, 0) is 13.1 Å². The third-order valence-electron chi connectivity index (χ3n) is 3.00. The number of nitrogens with zero attached hydrogens (tertiary/aromatic N) is 1. The molecule has 2 aromatic rings. The summed E-state index contributed by atoms with van der Waals surface area (Å²) in [6, 6.07) is 5.83. The molecule has 0 aliphatic carbocycles. The van der Waals surface area contributed by atoms with Crippen molar-refractivity contribution in [3.05, 3.63) is 45.5 Å². The van der Waals surface area contributed by atoms with Crippen molar-refractivity contribution in [2.75, 3.05) is 5.32 Å². The van der Waals surface area contributed by atoms with Crippen LogP contribution >= 0.6 is 11.3 Å². The van der Waals surface area contributed by atoms with E-state index in [-0.39, 0.29) is 11.4 Å². The number of pyridine rings is 1. The van der Waals surface area contributed by atoms with Gasteiger partial charge < -0.3 is 10.6 Å². The van der Waals surface area contributed by atoms with Crippen LogP contribution in [-0.4, -0.2) is 10.5 Å². The van der Waals surface area contributed by atoms with Gasteiger partial charge in [0.2, 0.25) is 0 Å². The van der Waals surface area contributed by atoms with Crippen molar-refractivity contribution >= 4 is 17.2 Å². The molecule has 2 heterocycles. The number of hydrogen-bond acceptors (Lipinski definition) is 4. The van der Waals surface area contributed by atoms with Gasteiger partial charge in [0.25, 0.3) is 0 Å². The van der Waals surface area contributed by atoms with Crippen LogP contribution in [0.1, 0.15) is 36.1 Å². The lowest BCUT2D eigenvalue weighted by atomic mass is 10.1. The molecule has 5 heteroatoms. The van der Waals surface area contributed by atoms with E-state index in [1.807, 2.05) is 0 Å². The second-order valence-corrected chi connectivity index (χ2v) is 7.47. The average molecular weight is 307 g/mol. The van der Waals surface area contributed by atoms with Crippen molar-refractivity contribution < 1.29 is 4.39 Å². The van der Waals surface area contributed by atoms with Gasteiger partial charge in [-0.25, -0.2) is 9.37 Å². The second kappa shape index (κ2) is 6.54. The standard InChI is InChI=1S/C16H22FN3S/c1-11-5-6-13(21-11)10-19-15-14(17)12(7-8-18-15)9-20-16(2,3)4/h5-8,20H,9-10H2,1-4H3,(H,18,19). The highest BCUT2D eigenvalue weighted by Gasteiger charge is 2.13. The van der Waals surface area contributed by atoms with Gasteiger partial charge in [0.05, 0.1) is 6.54 Å². The zero-order valence-corrected chi connectivity index (χ0v) is 13.8. The Bertz CT molecular complexity index is 602. The molecule has 0 aliphatic rings. The Labute approximate surface area is 129 Å². The van der Waals surface area contributed by atoms with Crippen LogP contribution in [0.5, 0.6) is 0 Å². The molecule has 2 aromatic heterocycles. The molecule has 0 fully saturated rings. The maximum atomic E-state index is 14.4. The van der Waals surface area contributed by atoms with Gasteiger partial charge in [-0.1, -0.05) is 0 Å². The van der Waals surface area contributed by atoms with Gasteiger partial charge in [-0.05, 0) is 45.9 Å². The van der Waals surface area contributed by atoms with Gasteiger partial charge in [0.1, 0.15) is 0 Å².